The molecule has 0 radical (unpaired) electrons. The summed E-state index contributed by atoms with van der Waals surface area (Å²) >= 11 is 0. The maximum absolute atomic E-state index is 10.2. The Morgan fingerprint density at radius 3 is 2.57 bits per heavy atom. The Labute approximate surface area is 146 Å². The zero-order chi connectivity index (χ0) is 14.4. The minimum Gasteiger partial charge on any atom is -0.388 e. The van der Waals surface area contributed by atoms with E-state index in [1.54, 1.807) is 0 Å². The lowest BCUT2D eigenvalue weighted by molar-refractivity contribution is -0.0236. The zero-order valence-electron chi connectivity index (χ0n) is 13.5. The van der Waals surface area contributed by atoms with E-state index in [2.05, 4.69) is 29.5 Å². The fourth-order valence-electron chi connectivity index (χ4n) is 3.28. The number of aliphatic hydroxyl groups is 1. The summed E-state index contributed by atoms with van der Waals surface area (Å²) < 4.78 is 0. The molecule has 3 N–H and O–H groups in total. The monoisotopic (exact) mass is 409 g/mol. The summed E-state index contributed by atoms with van der Waals surface area (Å²) in [6, 6.07) is 0.544. The van der Waals surface area contributed by atoms with Gasteiger partial charge < -0.3 is 15.7 Å². The predicted octanol–water partition coefficient (Wildman–Crippen LogP) is 3.04. The molecule has 2 aliphatic carbocycles. The summed E-state index contributed by atoms with van der Waals surface area (Å²) in [4.78, 5) is 4.60. The molecule has 0 amide bonds. The zero-order valence-corrected chi connectivity index (χ0v) is 15.9. The lowest BCUT2D eigenvalue weighted by Gasteiger charge is -2.35. The second-order valence-electron chi connectivity index (χ2n) is 6.56. The molecule has 2 saturated carbocycles. The molecule has 0 aromatic rings. The quantitative estimate of drug-likeness (QED) is 0.372. The first-order valence-electron chi connectivity index (χ1n) is 8.42. The van der Waals surface area contributed by atoms with Crippen LogP contribution < -0.4 is 10.6 Å². The third-order valence-electron chi connectivity index (χ3n) is 4.86. The molecule has 0 heterocycles. The van der Waals surface area contributed by atoms with Crippen molar-refractivity contribution in [2.45, 2.75) is 76.9 Å². The van der Waals surface area contributed by atoms with E-state index in [4.69, 9.17) is 0 Å². The first kappa shape index (κ1) is 19.0. The number of halogens is 1. The Balaban J connectivity index is 0.00000220. The van der Waals surface area contributed by atoms with E-state index < -0.39 is 5.60 Å². The van der Waals surface area contributed by atoms with Crippen LogP contribution in [0.5, 0.6) is 0 Å². The number of aliphatic imine (C=N–C) groups is 1. The van der Waals surface area contributed by atoms with Crippen LogP contribution in [0.1, 0.15) is 65.2 Å². The van der Waals surface area contributed by atoms with Gasteiger partial charge in [-0.3, -0.25) is 4.99 Å². The molecular formula is C16H32IN3O. The van der Waals surface area contributed by atoms with Crippen LogP contribution in [0.25, 0.3) is 0 Å². The molecule has 2 rings (SSSR count). The third-order valence-corrected chi connectivity index (χ3v) is 4.86. The summed E-state index contributed by atoms with van der Waals surface area (Å²) in [6.45, 7) is 5.78. The predicted molar refractivity (Wildman–Crippen MR) is 99.4 cm³/mol. The van der Waals surface area contributed by atoms with Crippen LogP contribution in [0.15, 0.2) is 4.99 Å². The fraction of sp³-hybridized carbons (Fsp3) is 0.938. The molecule has 0 spiro atoms. The number of hydrogen-bond donors (Lipinski definition) is 3. The van der Waals surface area contributed by atoms with Crippen molar-refractivity contribution in [1.82, 2.24) is 10.6 Å². The second kappa shape index (κ2) is 9.18. The van der Waals surface area contributed by atoms with Gasteiger partial charge in [-0.1, -0.05) is 26.2 Å². The van der Waals surface area contributed by atoms with E-state index in [0.717, 1.165) is 37.7 Å². The molecule has 0 bridgehead atoms. The maximum atomic E-state index is 10.2. The number of rotatable bonds is 5. The topological polar surface area (TPSA) is 56.7 Å². The van der Waals surface area contributed by atoms with Crippen molar-refractivity contribution >= 4 is 29.9 Å². The summed E-state index contributed by atoms with van der Waals surface area (Å²) in [6.07, 6.45) is 9.41. The number of nitrogens with zero attached hydrogens (tertiary/aromatic N) is 1. The van der Waals surface area contributed by atoms with E-state index in [1.165, 1.54) is 32.1 Å². The van der Waals surface area contributed by atoms with Gasteiger partial charge in [0.2, 0.25) is 0 Å². The molecule has 5 heteroatoms. The van der Waals surface area contributed by atoms with E-state index in [9.17, 15) is 5.11 Å². The molecule has 21 heavy (non-hydrogen) atoms. The standard InChI is InChI=1S/C16H31N3O.HI/c1-3-13-7-5-8-14(11-13)19-15(17-4-2)18-12-16(20)9-6-10-16;/h13-14,20H,3-12H2,1-2H3,(H2,17,18,19);1H. The summed E-state index contributed by atoms with van der Waals surface area (Å²) in [5.41, 5.74) is -0.527. The Hall–Kier alpha value is -0.0400. The number of hydrogen-bond acceptors (Lipinski definition) is 2. The van der Waals surface area contributed by atoms with Crippen LogP contribution in [0.2, 0.25) is 0 Å². The largest absolute Gasteiger partial charge is 0.388 e. The lowest BCUT2D eigenvalue weighted by Crippen LogP contribution is -2.47. The normalized spacial score (nSPS) is 28.2. The highest BCUT2D eigenvalue weighted by molar-refractivity contribution is 14.0. The molecule has 4 nitrogen and oxygen atoms in total. The molecule has 0 saturated heterocycles. The third kappa shape index (κ3) is 5.93. The average molecular weight is 409 g/mol. The van der Waals surface area contributed by atoms with Crippen LogP contribution in [0.3, 0.4) is 0 Å². The number of guanidine groups is 1. The van der Waals surface area contributed by atoms with E-state index in [-0.39, 0.29) is 24.0 Å². The molecular weight excluding hydrogens is 377 g/mol. The second-order valence-corrected chi connectivity index (χ2v) is 6.56. The van der Waals surface area contributed by atoms with Crippen LogP contribution in [-0.2, 0) is 0 Å². The Bertz CT molecular complexity index is 331. The highest BCUT2D eigenvalue weighted by Gasteiger charge is 2.34. The SMILES string of the molecule is CCNC(=NCC1(O)CCC1)NC1CCCC(CC)C1.I. The summed E-state index contributed by atoms with van der Waals surface area (Å²) in [5, 5.41) is 17.0. The maximum Gasteiger partial charge on any atom is 0.191 e. The minimum absolute atomic E-state index is 0. The molecule has 0 aromatic heterocycles. The highest BCUT2D eigenvalue weighted by atomic mass is 127. The number of nitrogens with one attached hydrogen (secondary N) is 2. The van der Waals surface area contributed by atoms with Crippen molar-refractivity contribution in [2.24, 2.45) is 10.9 Å². The molecule has 2 aliphatic rings. The van der Waals surface area contributed by atoms with Gasteiger partial charge in [0, 0.05) is 12.6 Å². The molecule has 2 fully saturated rings. The Morgan fingerprint density at radius 2 is 2.00 bits per heavy atom. The average Bonchev–Trinajstić information content (AvgIpc) is 2.43. The van der Waals surface area contributed by atoms with Gasteiger partial charge >= 0.3 is 0 Å². The van der Waals surface area contributed by atoms with Crippen molar-refractivity contribution in [1.29, 1.82) is 0 Å². The van der Waals surface area contributed by atoms with Gasteiger partial charge in [0.1, 0.15) is 0 Å². The lowest BCUT2D eigenvalue weighted by atomic mass is 9.80. The summed E-state index contributed by atoms with van der Waals surface area (Å²) in [7, 11) is 0. The van der Waals surface area contributed by atoms with Crippen LogP contribution in [-0.4, -0.2) is 35.8 Å². The van der Waals surface area contributed by atoms with Crippen LogP contribution in [0.4, 0.5) is 0 Å². The smallest absolute Gasteiger partial charge is 0.191 e. The first-order chi connectivity index (χ1) is 9.65. The van der Waals surface area contributed by atoms with Gasteiger partial charge in [-0.15, -0.1) is 24.0 Å². The molecule has 0 aliphatic heterocycles. The molecule has 2 unspecified atom stereocenters. The van der Waals surface area contributed by atoms with Gasteiger partial charge in [0.15, 0.2) is 5.96 Å². The van der Waals surface area contributed by atoms with Gasteiger partial charge in [0.05, 0.1) is 12.1 Å². The Morgan fingerprint density at radius 1 is 1.24 bits per heavy atom. The van der Waals surface area contributed by atoms with Crippen molar-refractivity contribution in [3.05, 3.63) is 0 Å². The van der Waals surface area contributed by atoms with Crippen molar-refractivity contribution in [3.63, 3.8) is 0 Å². The fourth-order valence-corrected chi connectivity index (χ4v) is 3.28. The van der Waals surface area contributed by atoms with E-state index in [0.29, 0.717) is 12.6 Å². The minimum atomic E-state index is -0.527. The van der Waals surface area contributed by atoms with Crippen LogP contribution in [0, 0.1) is 5.92 Å². The van der Waals surface area contributed by atoms with E-state index >= 15 is 0 Å². The van der Waals surface area contributed by atoms with Crippen molar-refractivity contribution in [3.8, 4) is 0 Å². The van der Waals surface area contributed by atoms with Gasteiger partial charge in [-0.2, -0.15) is 0 Å². The first-order valence-corrected chi connectivity index (χ1v) is 8.42. The molecule has 2 atom stereocenters. The van der Waals surface area contributed by atoms with Gasteiger partial charge in [-0.05, 0) is 44.9 Å². The van der Waals surface area contributed by atoms with Crippen molar-refractivity contribution in [2.75, 3.05) is 13.1 Å². The van der Waals surface area contributed by atoms with Gasteiger partial charge in [-0.25, -0.2) is 0 Å². The molecule has 124 valence electrons. The molecule has 0 aromatic carbocycles. The highest BCUT2D eigenvalue weighted by Crippen LogP contribution is 2.31. The Kier molecular flexibility index (Phi) is 8.31. The summed E-state index contributed by atoms with van der Waals surface area (Å²) in [5.74, 6) is 1.74. The van der Waals surface area contributed by atoms with Crippen molar-refractivity contribution < 1.29 is 5.11 Å². The van der Waals surface area contributed by atoms with Crippen LogP contribution >= 0.6 is 24.0 Å². The van der Waals surface area contributed by atoms with Gasteiger partial charge in [0.25, 0.3) is 0 Å². The van der Waals surface area contributed by atoms with E-state index in [1.807, 2.05) is 0 Å².